The Morgan fingerprint density at radius 2 is 2.22 bits per heavy atom. The molecule has 0 saturated carbocycles. The fourth-order valence-electron chi connectivity index (χ4n) is 1.38. The van der Waals surface area contributed by atoms with Gasteiger partial charge in [0.05, 0.1) is 30.8 Å². The van der Waals surface area contributed by atoms with Gasteiger partial charge in [0, 0.05) is 13.2 Å². The molecule has 94 valence electrons. The average molecular weight is 247 g/mol. The van der Waals surface area contributed by atoms with Gasteiger partial charge in [-0.05, 0) is 12.1 Å². The first-order chi connectivity index (χ1) is 8.69. The molecule has 2 aromatic rings. The minimum atomic E-state index is -0.401. The van der Waals surface area contributed by atoms with Crippen molar-refractivity contribution in [3.63, 3.8) is 0 Å². The summed E-state index contributed by atoms with van der Waals surface area (Å²) >= 11 is 0. The molecule has 0 amide bonds. The summed E-state index contributed by atoms with van der Waals surface area (Å²) in [7, 11) is 3.15. The zero-order chi connectivity index (χ0) is 13.0. The van der Waals surface area contributed by atoms with Crippen LogP contribution in [0, 0.1) is 0 Å². The molecule has 2 aromatic heterocycles. The molecule has 0 aromatic carbocycles. The van der Waals surface area contributed by atoms with Crippen molar-refractivity contribution in [2.24, 2.45) is 7.05 Å². The summed E-state index contributed by atoms with van der Waals surface area (Å²) < 4.78 is 11.7. The number of esters is 1. The molecule has 6 heteroatoms. The Morgan fingerprint density at radius 3 is 2.78 bits per heavy atom. The van der Waals surface area contributed by atoms with E-state index in [0.29, 0.717) is 17.9 Å². The fraction of sp³-hybridized carbons (Fsp3) is 0.250. The van der Waals surface area contributed by atoms with Crippen LogP contribution in [0.1, 0.15) is 16.1 Å². The summed E-state index contributed by atoms with van der Waals surface area (Å²) in [5.74, 6) is 0.276. The second kappa shape index (κ2) is 5.31. The lowest BCUT2D eigenvalue weighted by Gasteiger charge is -2.03. The van der Waals surface area contributed by atoms with Crippen LogP contribution in [-0.4, -0.2) is 27.8 Å². The number of methoxy groups -OCH3 is 1. The molecule has 18 heavy (non-hydrogen) atoms. The minimum Gasteiger partial charge on any atom is -0.484 e. The van der Waals surface area contributed by atoms with Crippen LogP contribution in [0.4, 0.5) is 0 Å². The van der Waals surface area contributed by atoms with E-state index in [0.717, 1.165) is 5.69 Å². The van der Waals surface area contributed by atoms with Crippen molar-refractivity contribution in [3.05, 3.63) is 42.0 Å². The van der Waals surface area contributed by atoms with Gasteiger partial charge in [0.1, 0.15) is 6.61 Å². The molecule has 0 aliphatic rings. The monoisotopic (exact) mass is 247 g/mol. The van der Waals surface area contributed by atoms with Gasteiger partial charge in [-0.25, -0.2) is 4.79 Å². The van der Waals surface area contributed by atoms with E-state index in [-0.39, 0.29) is 0 Å². The van der Waals surface area contributed by atoms with E-state index in [2.05, 4.69) is 14.8 Å². The lowest BCUT2D eigenvalue weighted by atomic mass is 10.2. The number of carbonyl (C=O) groups excluding carboxylic acids is 1. The Hall–Kier alpha value is -2.37. The van der Waals surface area contributed by atoms with Gasteiger partial charge in [0.2, 0.25) is 0 Å². The highest BCUT2D eigenvalue weighted by Crippen LogP contribution is 2.10. The molecule has 0 atom stereocenters. The van der Waals surface area contributed by atoms with E-state index in [9.17, 15) is 4.79 Å². The van der Waals surface area contributed by atoms with Gasteiger partial charge in [0.25, 0.3) is 0 Å². The first-order valence-corrected chi connectivity index (χ1v) is 5.33. The lowest BCUT2D eigenvalue weighted by molar-refractivity contribution is 0.0600. The van der Waals surface area contributed by atoms with E-state index in [1.54, 1.807) is 29.2 Å². The highest BCUT2D eigenvalue weighted by Gasteiger charge is 2.05. The van der Waals surface area contributed by atoms with Gasteiger partial charge in [-0.15, -0.1) is 0 Å². The zero-order valence-electron chi connectivity index (χ0n) is 10.2. The molecule has 0 spiro atoms. The van der Waals surface area contributed by atoms with Gasteiger partial charge < -0.3 is 9.47 Å². The number of carbonyl (C=O) groups is 1. The third-order valence-corrected chi connectivity index (χ3v) is 2.31. The second-order valence-corrected chi connectivity index (χ2v) is 3.67. The van der Waals surface area contributed by atoms with Crippen LogP contribution in [0.5, 0.6) is 5.75 Å². The zero-order valence-corrected chi connectivity index (χ0v) is 10.2. The standard InChI is InChI=1S/C12H13N3O3/c1-15-7-11(6-14-15)18-8-10-4-3-9(5-13-10)12(16)17-2/h3-7H,8H2,1-2H3. The van der Waals surface area contributed by atoms with Crippen molar-refractivity contribution in [2.75, 3.05) is 7.11 Å². The minimum absolute atomic E-state index is 0.327. The quantitative estimate of drug-likeness (QED) is 0.759. The van der Waals surface area contributed by atoms with Crippen LogP contribution in [0.25, 0.3) is 0 Å². The van der Waals surface area contributed by atoms with Gasteiger partial charge in [-0.3, -0.25) is 9.67 Å². The molecule has 0 N–H and O–H groups in total. The maximum Gasteiger partial charge on any atom is 0.339 e. The summed E-state index contributed by atoms with van der Waals surface area (Å²) in [6.07, 6.45) is 4.86. The Labute approximate surface area is 104 Å². The highest BCUT2D eigenvalue weighted by atomic mass is 16.5. The van der Waals surface area contributed by atoms with Crippen LogP contribution in [-0.2, 0) is 18.4 Å². The van der Waals surface area contributed by atoms with Crippen LogP contribution >= 0.6 is 0 Å². The van der Waals surface area contributed by atoms with E-state index in [1.807, 2.05) is 7.05 Å². The Morgan fingerprint density at radius 1 is 1.39 bits per heavy atom. The van der Waals surface area contributed by atoms with E-state index in [1.165, 1.54) is 13.3 Å². The molecule has 0 aliphatic carbocycles. The fourth-order valence-corrected chi connectivity index (χ4v) is 1.38. The average Bonchev–Trinajstić information content (AvgIpc) is 2.82. The molecule has 0 bridgehead atoms. The molecular weight excluding hydrogens is 234 g/mol. The lowest BCUT2D eigenvalue weighted by Crippen LogP contribution is -2.04. The van der Waals surface area contributed by atoms with Crippen LogP contribution in [0.15, 0.2) is 30.7 Å². The van der Waals surface area contributed by atoms with Crippen LogP contribution < -0.4 is 4.74 Å². The third kappa shape index (κ3) is 2.85. The predicted molar refractivity (Wildman–Crippen MR) is 63.1 cm³/mol. The van der Waals surface area contributed by atoms with Gasteiger partial charge in [-0.2, -0.15) is 5.10 Å². The number of pyridine rings is 1. The van der Waals surface area contributed by atoms with Gasteiger partial charge in [0.15, 0.2) is 5.75 Å². The largest absolute Gasteiger partial charge is 0.484 e. The SMILES string of the molecule is COC(=O)c1ccc(COc2cnn(C)c2)nc1. The molecule has 0 unspecified atom stereocenters. The molecule has 2 rings (SSSR count). The number of aryl methyl sites for hydroxylation is 1. The van der Waals surface area contributed by atoms with E-state index in [4.69, 9.17) is 4.74 Å². The topological polar surface area (TPSA) is 66.2 Å². The molecule has 0 aliphatic heterocycles. The summed E-state index contributed by atoms with van der Waals surface area (Å²) in [5.41, 5.74) is 1.15. The number of hydrogen-bond donors (Lipinski definition) is 0. The number of rotatable bonds is 4. The highest BCUT2D eigenvalue weighted by molar-refractivity contribution is 5.88. The maximum atomic E-state index is 11.2. The third-order valence-electron chi connectivity index (χ3n) is 2.31. The summed E-state index contributed by atoms with van der Waals surface area (Å²) in [6.45, 7) is 0.327. The number of nitrogens with zero attached hydrogens (tertiary/aromatic N) is 3. The molecule has 2 heterocycles. The Bertz CT molecular complexity index is 534. The van der Waals surface area contributed by atoms with Crippen molar-refractivity contribution in [1.82, 2.24) is 14.8 Å². The summed E-state index contributed by atoms with van der Waals surface area (Å²) in [5, 5.41) is 3.99. The van der Waals surface area contributed by atoms with E-state index >= 15 is 0 Å². The van der Waals surface area contributed by atoms with Crippen molar-refractivity contribution in [2.45, 2.75) is 6.61 Å². The Kier molecular flexibility index (Phi) is 3.57. The van der Waals surface area contributed by atoms with Crippen molar-refractivity contribution in [1.29, 1.82) is 0 Å². The first kappa shape index (κ1) is 12.1. The first-order valence-electron chi connectivity index (χ1n) is 5.33. The number of hydrogen-bond acceptors (Lipinski definition) is 5. The summed E-state index contributed by atoms with van der Waals surface area (Å²) in [4.78, 5) is 15.3. The van der Waals surface area contributed by atoms with Gasteiger partial charge in [-0.1, -0.05) is 0 Å². The van der Waals surface area contributed by atoms with Crippen molar-refractivity contribution < 1.29 is 14.3 Å². The van der Waals surface area contributed by atoms with Crippen LogP contribution in [0.3, 0.4) is 0 Å². The van der Waals surface area contributed by atoms with Crippen LogP contribution in [0.2, 0.25) is 0 Å². The van der Waals surface area contributed by atoms with Crippen molar-refractivity contribution >= 4 is 5.97 Å². The molecule has 6 nitrogen and oxygen atoms in total. The van der Waals surface area contributed by atoms with Crippen molar-refractivity contribution in [3.8, 4) is 5.75 Å². The number of aromatic nitrogens is 3. The predicted octanol–water partition coefficient (Wildman–Crippen LogP) is 1.18. The van der Waals surface area contributed by atoms with E-state index < -0.39 is 5.97 Å². The normalized spacial score (nSPS) is 10.1. The molecule has 0 radical (unpaired) electrons. The second-order valence-electron chi connectivity index (χ2n) is 3.67. The molecule has 0 fully saturated rings. The summed E-state index contributed by atoms with van der Waals surface area (Å²) in [6, 6.07) is 3.38. The Balaban J connectivity index is 1.96. The van der Waals surface area contributed by atoms with Gasteiger partial charge >= 0.3 is 5.97 Å². The molecule has 0 saturated heterocycles. The smallest absolute Gasteiger partial charge is 0.339 e. The molecular formula is C12H13N3O3. The number of ether oxygens (including phenoxy) is 2. The maximum absolute atomic E-state index is 11.2.